The first-order valence-electron chi connectivity index (χ1n) is 9.37. The number of rotatable bonds is 2. The Morgan fingerprint density at radius 1 is 1.08 bits per heavy atom. The molecule has 5 aliphatic rings. The van der Waals surface area contributed by atoms with Gasteiger partial charge in [-0.25, -0.2) is 4.79 Å². The number of carbonyl (C=O) groups is 1. The van der Waals surface area contributed by atoms with Crippen molar-refractivity contribution >= 4 is 17.6 Å². The van der Waals surface area contributed by atoms with Crippen LogP contribution in [0.15, 0.2) is 24.3 Å². The Morgan fingerprint density at radius 3 is 2.33 bits per heavy atom. The highest BCUT2D eigenvalue weighted by Crippen LogP contribution is 2.55. The van der Waals surface area contributed by atoms with E-state index in [-0.39, 0.29) is 11.6 Å². The normalized spacial score (nSPS) is 43.3. The van der Waals surface area contributed by atoms with Gasteiger partial charge in [-0.05, 0) is 74.3 Å². The Labute approximate surface area is 148 Å². The summed E-state index contributed by atoms with van der Waals surface area (Å²) in [6.45, 7) is 2.85. The second-order valence-corrected chi connectivity index (χ2v) is 9.20. The van der Waals surface area contributed by atoms with Crippen molar-refractivity contribution in [2.45, 2.75) is 50.6 Å². The summed E-state index contributed by atoms with van der Waals surface area (Å²) in [7, 11) is 0. The standard InChI is InChI=1S/C20H25ClN2O/c1-20(16-4-2-3-5-17(16)21)11-23(19(24)22-20)18-14-7-12-6-13(9-14)10-15(18)8-12/h2-5,12-15,18H,6-11H2,1H3,(H,22,24). The largest absolute Gasteiger partial charge is 0.327 e. The van der Waals surface area contributed by atoms with Gasteiger partial charge in [0.15, 0.2) is 0 Å². The summed E-state index contributed by atoms with van der Waals surface area (Å²) in [6, 6.07) is 8.46. The van der Waals surface area contributed by atoms with Crippen LogP contribution in [0.5, 0.6) is 0 Å². The summed E-state index contributed by atoms with van der Waals surface area (Å²) in [5, 5.41) is 3.99. The molecule has 1 heterocycles. The van der Waals surface area contributed by atoms with E-state index >= 15 is 0 Å². The minimum Gasteiger partial charge on any atom is -0.327 e. The Morgan fingerprint density at radius 2 is 1.71 bits per heavy atom. The Hall–Kier alpha value is -1.22. The second-order valence-electron chi connectivity index (χ2n) is 8.79. The van der Waals surface area contributed by atoms with Gasteiger partial charge in [0.2, 0.25) is 0 Å². The predicted octanol–water partition coefficient (Wildman–Crippen LogP) is 4.41. The average Bonchev–Trinajstić information content (AvgIpc) is 2.82. The van der Waals surface area contributed by atoms with Gasteiger partial charge in [-0.2, -0.15) is 0 Å². The zero-order chi connectivity index (χ0) is 16.5. The number of nitrogens with one attached hydrogen (secondary N) is 1. The highest BCUT2D eigenvalue weighted by Gasteiger charge is 2.54. The van der Waals surface area contributed by atoms with Gasteiger partial charge in [-0.15, -0.1) is 0 Å². The molecule has 1 N–H and O–H groups in total. The van der Waals surface area contributed by atoms with Gasteiger partial charge in [0, 0.05) is 17.6 Å². The van der Waals surface area contributed by atoms with Crippen molar-refractivity contribution < 1.29 is 4.79 Å². The van der Waals surface area contributed by atoms with E-state index < -0.39 is 0 Å². The van der Waals surface area contributed by atoms with Gasteiger partial charge >= 0.3 is 6.03 Å². The Balaban J connectivity index is 1.44. The van der Waals surface area contributed by atoms with Crippen LogP contribution in [0.3, 0.4) is 0 Å². The van der Waals surface area contributed by atoms with Gasteiger partial charge in [0.25, 0.3) is 0 Å². The van der Waals surface area contributed by atoms with Crippen molar-refractivity contribution in [1.29, 1.82) is 0 Å². The maximum absolute atomic E-state index is 12.9. The van der Waals surface area contributed by atoms with Crippen LogP contribution in [0.1, 0.15) is 44.6 Å². The molecule has 3 nitrogen and oxygen atoms in total. The van der Waals surface area contributed by atoms with E-state index in [0.29, 0.717) is 6.04 Å². The molecule has 4 aliphatic carbocycles. The van der Waals surface area contributed by atoms with E-state index in [9.17, 15) is 4.79 Å². The number of nitrogens with zero attached hydrogens (tertiary/aromatic N) is 1. The number of urea groups is 1. The van der Waals surface area contributed by atoms with Gasteiger partial charge < -0.3 is 10.2 Å². The summed E-state index contributed by atoms with van der Waals surface area (Å²) < 4.78 is 0. The van der Waals surface area contributed by atoms with Crippen LogP contribution < -0.4 is 5.32 Å². The molecule has 4 bridgehead atoms. The fourth-order valence-corrected chi connectivity index (χ4v) is 6.81. The van der Waals surface area contributed by atoms with Gasteiger partial charge in [-0.1, -0.05) is 29.8 Å². The fourth-order valence-electron chi connectivity index (χ4n) is 6.47. The number of amides is 2. The van der Waals surface area contributed by atoms with Crippen molar-refractivity contribution in [2.24, 2.45) is 23.7 Å². The monoisotopic (exact) mass is 344 g/mol. The fraction of sp³-hybridized carbons (Fsp3) is 0.650. The molecule has 2 amide bonds. The van der Waals surface area contributed by atoms with Crippen LogP contribution in [0.25, 0.3) is 0 Å². The summed E-state index contributed by atoms with van der Waals surface area (Å²) in [6.07, 6.45) is 6.80. The summed E-state index contributed by atoms with van der Waals surface area (Å²) >= 11 is 6.43. The lowest BCUT2D eigenvalue weighted by Gasteiger charge is -2.56. The molecule has 1 aliphatic heterocycles. The third kappa shape index (κ3) is 2.13. The minimum atomic E-state index is -0.385. The summed E-state index contributed by atoms with van der Waals surface area (Å²) in [5.74, 6) is 3.31. The first-order valence-corrected chi connectivity index (χ1v) is 9.75. The lowest BCUT2D eigenvalue weighted by molar-refractivity contribution is -0.0483. The van der Waals surface area contributed by atoms with Crippen molar-refractivity contribution in [1.82, 2.24) is 10.2 Å². The maximum atomic E-state index is 12.9. The average molecular weight is 345 g/mol. The molecule has 1 atom stereocenters. The molecule has 128 valence electrons. The van der Waals surface area contributed by atoms with Crippen LogP contribution in [-0.2, 0) is 5.54 Å². The highest BCUT2D eigenvalue weighted by molar-refractivity contribution is 6.31. The number of benzene rings is 1. The molecular weight excluding hydrogens is 320 g/mol. The molecule has 0 radical (unpaired) electrons. The maximum Gasteiger partial charge on any atom is 0.318 e. The first kappa shape index (κ1) is 15.1. The molecule has 1 unspecified atom stereocenters. The molecule has 0 aromatic heterocycles. The van der Waals surface area contributed by atoms with Gasteiger partial charge in [0.1, 0.15) is 0 Å². The first-order chi connectivity index (χ1) is 11.5. The van der Waals surface area contributed by atoms with Crippen LogP contribution in [-0.4, -0.2) is 23.5 Å². The molecule has 24 heavy (non-hydrogen) atoms. The van der Waals surface area contributed by atoms with E-state index in [1.54, 1.807) is 0 Å². The lowest BCUT2D eigenvalue weighted by Crippen LogP contribution is -2.56. The van der Waals surface area contributed by atoms with E-state index in [1.807, 2.05) is 24.3 Å². The molecule has 5 fully saturated rings. The molecule has 0 spiro atoms. The topological polar surface area (TPSA) is 32.3 Å². The molecule has 4 heteroatoms. The van der Waals surface area contributed by atoms with E-state index in [2.05, 4.69) is 17.1 Å². The number of hydrogen-bond acceptors (Lipinski definition) is 1. The molecular formula is C20H25ClN2O. The number of halogens is 1. The van der Waals surface area contributed by atoms with Crippen molar-refractivity contribution in [3.8, 4) is 0 Å². The minimum absolute atomic E-state index is 0.106. The molecule has 6 rings (SSSR count). The van der Waals surface area contributed by atoms with Crippen molar-refractivity contribution in [2.75, 3.05) is 6.54 Å². The zero-order valence-electron chi connectivity index (χ0n) is 14.2. The molecule has 1 saturated heterocycles. The lowest BCUT2D eigenvalue weighted by atomic mass is 9.54. The quantitative estimate of drug-likeness (QED) is 0.847. The third-order valence-corrected chi connectivity index (χ3v) is 7.47. The van der Waals surface area contributed by atoms with E-state index in [1.165, 1.54) is 32.1 Å². The van der Waals surface area contributed by atoms with Gasteiger partial charge in [-0.3, -0.25) is 0 Å². The smallest absolute Gasteiger partial charge is 0.318 e. The zero-order valence-corrected chi connectivity index (χ0v) is 14.9. The SMILES string of the molecule is CC1(c2ccccc2Cl)CN(C2C3CC4CC(C3)CC2C4)C(=O)N1. The summed E-state index contributed by atoms with van der Waals surface area (Å²) in [4.78, 5) is 15.0. The van der Waals surface area contributed by atoms with E-state index in [0.717, 1.165) is 40.8 Å². The second kappa shape index (κ2) is 5.14. The van der Waals surface area contributed by atoms with Crippen LogP contribution in [0.2, 0.25) is 5.02 Å². The predicted molar refractivity (Wildman–Crippen MR) is 94.9 cm³/mol. The molecule has 1 aromatic rings. The summed E-state index contributed by atoms with van der Waals surface area (Å²) in [5.41, 5.74) is 0.649. The van der Waals surface area contributed by atoms with E-state index in [4.69, 9.17) is 11.6 Å². The highest BCUT2D eigenvalue weighted by atomic mass is 35.5. The molecule has 4 saturated carbocycles. The van der Waals surface area contributed by atoms with Gasteiger partial charge in [0.05, 0.1) is 5.54 Å². The van der Waals surface area contributed by atoms with Crippen LogP contribution >= 0.6 is 11.6 Å². The van der Waals surface area contributed by atoms with Crippen LogP contribution in [0.4, 0.5) is 4.79 Å². The Bertz CT molecular complexity index is 662. The van der Waals surface area contributed by atoms with Crippen molar-refractivity contribution in [3.05, 3.63) is 34.9 Å². The third-order valence-electron chi connectivity index (χ3n) is 7.14. The Kier molecular flexibility index (Phi) is 3.23. The van der Waals surface area contributed by atoms with Crippen LogP contribution in [0, 0.1) is 23.7 Å². The number of hydrogen-bond donors (Lipinski definition) is 1. The van der Waals surface area contributed by atoms with Crippen molar-refractivity contribution in [3.63, 3.8) is 0 Å². The molecule has 1 aromatic carbocycles. The number of carbonyl (C=O) groups excluding carboxylic acids is 1.